The summed E-state index contributed by atoms with van der Waals surface area (Å²) in [5, 5.41) is 0. The van der Waals surface area contributed by atoms with E-state index in [0.717, 1.165) is 25.5 Å². The van der Waals surface area contributed by atoms with Crippen molar-refractivity contribution in [3.63, 3.8) is 0 Å². The van der Waals surface area contributed by atoms with Crippen LogP contribution in [0.4, 0.5) is 0 Å². The zero-order chi connectivity index (χ0) is 15.3. The predicted molar refractivity (Wildman–Crippen MR) is 89.2 cm³/mol. The van der Waals surface area contributed by atoms with Crippen LogP contribution in [-0.4, -0.2) is 46.2 Å². The van der Waals surface area contributed by atoms with Gasteiger partial charge in [0.25, 0.3) is 0 Å². The monoisotopic (exact) mass is 289 g/mol. The maximum Gasteiger partial charge on any atom is 0.0594 e. The Kier molecular flexibility index (Phi) is 7.43. The molecule has 0 aliphatic heterocycles. The highest BCUT2D eigenvalue weighted by molar-refractivity contribution is 8.00. The zero-order valence-corrected chi connectivity index (χ0v) is 15.4. The van der Waals surface area contributed by atoms with Crippen molar-refractivity contribution in [2.45, 2.75) is 78.1 Å². The fraction of sp³-hybridized carbons (Fsp3) is 1.00. The third-order valence-corrected chi connectivity index (χ3v) is 4.08. The van der Waals surface area contributed by atoms with E-state index in [1.165, 1.54) is 0 Å². The number of ether oxygens (including phenoxy) is 1. The average molecular weight is 290 g/mol. The van der Waals surface area contributed by atoms with Gasteiger partial charge < -0.3 is 4.74 Å². The highest BCUT2D eigenvalue weighted by atomic mass is 32.2. The van der Waals surface area contributed by atoms with Crippen molar-refractivity contribution < 1.29 is 4.74 Å². The van der Waals surface area contributed by atoms with E-state index >= 15 is 0 Å². The van der Waals surface area contributed by atoms with Gasteiger partial charge in [0.1, 0.15) is 0 Å². The van der Waals surface area contributed by atoms with Crippen LogP contribution in [0.5, 0.6) is 0 Å². The summed E-state index contributed by atoms with van der Waals surface area (Å²) >= 11 is 1.96. The fourth-order valence-electron chi connectivity index (χ4n) is 2.34. The highest BCUT2D eigenvalue weighted by Crippen LogP contribution is 2.24. The Morgan fingerprint density at radius 1 is 0.789 bits per heavy atom. The Labute approximate surface area is 125 Å². The summed E-state index contributed by atoms with van der Waals surface area (Å²) in [6.45, 7) is 23.0. The average Bonchev–Trinajstić information content (AvgIpc) is 2.10. The zero-order valence-electron chi connectivity index (χ0n) is 14.6. The third kappa shape index (κ3) is 9.75. The summed E-state index contributed by atoms with van der Waals surface area (Å²) in [6.07, 6.45) is 0. The lowest BCUT2D eigenvalue weighted by molar-refractivity contribution is 0.00792. The molecule has 0 radical (unpaired) electrons. The van der Waals surface area contributed by atoms with Gasteiger partial charge >= 0.3 is 0 Å². The lowest BCUT2D eigenvalue weighted by Gasteiger charge is -2.45. The number of nitrogens with zero attached hydrogens (tertiary/aromatic N) is 1. The van der Waals surface area contributed by atoms with Crippen molar-refractivity contribution in [3.05, 3.63) is 0 Å². The van der Waals surface area contributed by atoms with Crippen LogP contribution in [0.25, 0.3) is 0 Å². The molecule has 0 saturated carbocycles. The normalized spacial score (nSPS) is 14.2. The van der Waals surface area contributed by atoms with Crippen LogP contribution in [0.15, 0.2) is 0 Å². The molecule has 0 aromatic rings. The van der Waals surface area contributed by atoms with E-state index < -0.39 is 0 Å². The van der Waals surface area contributed by atoms with Gasteiger partial charge in [0.2, 0.25) is 0 Å². The first-order valence-electron chi connectivity index (χ1n) is 7.33. The molecule has 0 aromatic carbocycles. The molecule has 116 valence electrons. The molecule has 0 spiro atoms. The predicted octanol–water partition coefficient (Wildman–Crippen LogP) is 4.43. The Morgan fingerprint density at radius 2 is 1.26 bits per heavy atom. The van der Waals surface area contributed by atoms with Crippen molar-refractivity contribution >= 4 is 11.8 Å². The van der Waals surface area contributed by atoms with E-state index in [2.05, 4.69) is 67.2 Å². The molecule has 2 nitrogen and oxygen atoms in total. The minimum Gasteiger partial charge on any atom is -0.379 e. The van der Waals surface area contributed by atoms with E-state index in [9.17, 15) is 0 Å². The van der Waals surface area contributed by atoms with Crippen LogP contribution in [0.3, 0.4) is 0 Å². The Balaban J connectivity index is 3.97. The molecular formula is C16H35NOS. The summed E-state index contributed by atoms with van der Waals surface area (Å²) < 4.78 is 6.13. The number of thioether (sulfide) groups is 1. The van der Waals surface area contributed by atoms with Crippen LogP contribution in [0.1, 0.15) is 62.3 Å². The molecule has 0 heterocycles. The summed E-state index contributed by atoms with van der Waals surface area (Å²) in [5.41, 5.74) is 0.365. The van der Waals surface area contributed by atoms with Gasteiger partial charge in [-0.2, -0.15) is 11.8 Å². The summed E-state index contributed by atoms with van der Waals surface area (Å²) in [4.78, 5) is 2.51. The largest absolute Gasteiger partial charge is 0.379 e. The summed E-state index contributed by atoms with van der Waals surface area (Å²) in [5.74, 6) is 1.08. The van der Waals surface area contributed by atoms with Crippen molar-refractivity contribution in [2.75, 3.05) is 25.5 Å². The second-order valence-electron chi connectivity index (χ2n) is 8.07. The van der Waals surface area contributed by atoms with Gasteiger partial charge in [-0.25, -0.2) is 0 Å². The molecule has 0 amide bonds. The fourth-order valence-corrected chi connectivity index (χ4v) is 3.16. The molecule has 0 unspecified atom stereocenters. The first-order chi connectivity index (χ1) is 8.34. The molecule has 0 N–H and O–H groups in total. The molecule has 3 heteroatoms. The van der Waals surface area contributed by atoms with E-state index in [-0.39, 0.29) is 11.1 Å². The summed E-state index contributed by atoms with van der Waals surface area (Å²) in [6, 6.07) is 0. The van der Waals surface area contributed by atoms with E-state index in [1.54, 1.807) is 0 Å². The summed E-state index contributed by atoms with van der Waals surface area (Å²) in [7, 11) is 0. The molecule has 0 saturated heterocycles. The van der Waals surface area contributed by atoms with Crippen LogP contribution in [0, 0.1) is 0 Å². The Bertz CT molecular complexity index is 231. The SMILES string of the molecule is CC(C)(C)SCCOCCN(C(C)(C)C)C(C)(C)C. The lowest BCUT2D eigenvalue weighted by atomic mass is 9.96. The smallest absolute Gasteiger partial charge is 0.0594 e. The molecule has 0 atom stereocenters. The van der Waals surface area contributed by atoms with Gasteiger partial charge in [-0.15, -0.1) is 0 Å². The van der Waals surface area contributed by atoms with E-state index in [4.69, 9.17) is 4.74 Å². The maximum absolute atomic E-state index is 5.79. The molecule has 19 heavy (non-hydrogen) atoms. The Hall–Kier alpha value is 0.270. The molecule has 0 rings (SSSR count). The quantitative estimate of drug-likeness (QED) is 0.671. The molecule has 0 fully saturated rings. The third-order valence-electron chi connectivity index (χ3n) is 2.84. The van der Waals surface area contributed by atoms with Crippen molar-refractivity contribution in [1.82, 2.24) is 4.90 Å². The van der Waals surface area contributed by atoms with Crippen molar-refractivity contribution in [1.29, 1.82) is 0 Å². The van der Waals surface area contributed by atoms with Gasteiger partial charge in [-0.3, -0.25) is 4.90 Å². The van der Waals surface area contributed by atoms with Crippen LogP contribution < -0.4 is 0 Å². The van der Waals surface area contributed by atoms with Gasteiger partial charge in [0.05, 0.1) is 13.2 Å². The molecular weight excluding hydrogens is 254 g/mol. The molecule has 0 bridgehead atoms. The van der Waals surface area contributed by atoms with Crippen LogP contribution in [0.2, 0.25) is 0 Å². The first kappa shape index (κ1) is 19.3. The van der Waals surface area contributed by atoms with Crippen LogP contribution >= 0.6 is 11.8 Å². The topological polar surface area (TPSA) is 12.5 Å². The number of rotatable bonds is 6. The van der Waals surface area contributed by atoms with Gasteiger partial charge in [0, 0.05) is 28.1 Å². The van der Waals surface area contributed by atoms with Gasteiger partial charge in [0.15, 0.2) is 0 Å². The van der Waals surface area contributed by atoms with E-state index in [0.29, 0.717) is 4.75 Å². The van der Waals surface area contributed by atoms with Crippen molar-refractivity contribution in [2.24, 2.45) is 0 Å². The number of hydrogen-bond acceptors (Lipinski definition) is 3. The highest BCUT2D eigenvalue weighted by Gasteiger charge is 2.30. The second-order valence-corrected chi connectivity index (χ2v) is 9.99. The standard InChI is InChI=1S/C16H35NOS/c1-14(2,3)17(15(4,5)6)10-11-18-12-13-19-16(7,8)9/h10-13H2,1-9H3. The van der Waals surface area contributed by atoms with Crippen LogP contribution in [-0.2, 0) is 4.74 Å². The minimum absolute atomic E-state index is 0.182. The number of hydrogen-bond donors (Lipinski definition) is 0. The second kappa shape index (κ2) is 7.33. The molecule has 0 aromatic heterocycles. The first-order valence-corrected chi connectivity index (χ1v) is 8.32. The molecule has 0 aliphatic rings. The van der Waals surface area contributed by atoms with Gasteiger partial charge in [-0.1, -0.05) is 20.8 Å². The lowest BCUT2D eigenvalue weighted by Crippen LogP contribution is -2.53. The Morgan fingerprint density at radius 3 is 1.63 bits per heavy atom. The molecule has 0 aliphatic carbocycles. The van der Waals surface area contributed by atoms with Gasteiger partial charge in [-0.05, 0) is 41.5 Å². The van der Waals surface area contributed by atoms with Crippen molar-refractivity contribution in [3.8, 4) is 0 Å². The minimum atomic E-state index is 0.182. The maximum atomic E-state index is 5.79. The van der Waals surface area contributed by atoms with E-state index in [1.807, 2.05) is 11.8 Å².